The highest BCUT2D eigenvalue weighted by Crippen LogP contribution is 2.30. The second kappa shape index (κ2) is 4.96. The van der Waals surface area contributed by atoms with Crippen LogP contribution in [0.5, 0.6) is 5.75 Å². The quantitative estimate of drug-likeness (QED) is 0.753. The molecule has 0 saturated carbocycles. The zero-order chi connectivity index (χ0) is 14.0. The zero-order valence-corrected chi connectivity index (χ0v) is 10.6. The van der Waals surface area contributed by atoms with E-state index in [-0.39, 0.29) is 5.75 Å². The number of benzene rings is 2. The van der Waals surface area contributed by atoms with Gasteiger partial charge in [0.05, 0.1) is 0 Å². The molecule has 0 heterocycles. The summed E-state index contributed by atoms with van der Waals surface area (Å²) in [7, 11) is 0. The molecule has 19 heavy (non-hydrogen) atoms. The van der Waals surface area contributed by atoms with Crippen molar-refractivity contribution in [2.75, 3.05) is 0 Å². The molecule has 100 valence electrons. The van der Waals surface area contributed by atoms with Gasteiger partial charge in [-0.3, -0.25) is 0 Å². The summed E-state index contributed by atoms with van der Waals surface area (Å²) in [6.45, 7) is 3.58. The first-order chi connectivity index (χ1) is 8.85. The maximum atomic E-state index is 12.2. The highest BCUT2D eigenvalue weighted by atomic mass is 19.4. The van der Waals surface area contributed by atoms with Crippen LogP contribution in [-0.2, 0) is 0 Å². The van der Waals surface area contributed by atoms with E-state index in [1.807, 2.05) is 31.2 Å². The van der Waals surface area contributed by atoms with Crippen molar-refractivity contribution < 1.29 is 17.9 Å². The van der Waals surface area contributed by atoms with Crippen LogP contribution in [0.25, 0.3) is 11.1 Å². The topological polar surface area (TPSA) is 9.23 Å². The maximum absolute atomic E-state index is 12.2. The summed E-state index contributed by atoms with van der Waals surface area (Å²) in [5, 5.41) is 0. The SMILES string of the molecule is Cc1ccc(-c2ccc(OC(F)(F)F)c(C)c2)cc1. The van der Waals surface area contributed by atoms with Crippen LogP contribution in [0.4, 0.5) is 13.2 Å². The third-order valence-corrected chi connectivity index (χ3v) is 2.79. The Kier molecular flexibility index (Phi) is 3.51. The number of hydrogen-bond donors (Lipinski definition) is 0. The lowest BCUT2D eigenvalue weighted by Gasteiger charge is -2.12. The standard InChI is InChI=1S/C15H13F3O/c1-10-3-5-12(6-4-10)13-7-8-14(11(2)9-13)19-15(16,17)18/h3-9H,1-2H3. The van der Waals surface area contributed by atoms with Crippen LogP contribution < -0.4 is 4.74 Å². The van der Waals surface area contributed by atoms with Gasteiger partial charge in [0.15, 0.2) is 0 Å². The van der Waals surface area contributed by atoms with Gasteiger partial charge in [0.1, 0.15) is 5.75 Å². The monoisotopic (exact) mass is 266 g/mol. The van der Waals surface area contributed by atoms with E-state index >= 15 is 0 Å². The minimum atomic E-state index is -4.66. The van der Waals surface area contributed by atoms with Gasteiger partial charge in [0.25, 0.3) is 0 Å². The van der Waals surface area contributed by atoms with Crippen LogP contribution >= 0.6 is 0 Å². The molecule has 0 unspecified atom stereocenters. The van der Waals surface area contributed by atoms with Crippen molar-refractivity contribution in [1.82, 2.24) is 0 Å². The summed E-state index contributed by atoms with van der Waals surface area (Å²) in [6.07, 6.45) is -4.66. The van der Waals surface area contributed by atoms with Crippen molar-refractivity contribution in [3.05, 3.63) is 53.6 Å². The number of hydrogen-bond acceptors (Lipinski definition) is 1. The molecule has 2 aromatic carbocycles. The van der Waals surface area contributed by atoms with E-state index in [1.165, 1.54) is 6.07 Å². The summed E-state index contributed by atoms with van der Waals surface area (Å²) < 4.78 is 40.4. The number of halogens is 3. The Bertz CT molecular complexity index is 571. The normalized spacial score (nSPS) is 11.4. The lowest BCUT2D eigenvalue weighted by atomic mass is 10.0. The second-order valence-electron chi connectivity index (χ2n) is 4.39. The molecule has 2 aromatic rings. The minimum absolute atomic E-state index is 0.164. The van der Waals surface area contributed by atoms with E-state index in [0.717, 1.165) is 16.7 Å². The average molecular weight is 266 g/mol. The molecule has 0 aliphatic heterocycles. The highest BCUT2D eigenvalue weighted by Gasteiger charge is 2.31. The molecule has 0 aliphatic carbocycles. The average Bonchev–Trinajstić information content (AvgIpc) is 2.31. The Morgan fingerprint density at radius 3 is 1.95 bits per heavy atom. The first kappa shape index (κ1) is 13.5. The molecule has 0 N–H and O–H groups in total. The molecule has 0 amide bonds. The van der Waals surface area contributed by atoms with E-state index in [4.69, 9.17) is 0 Å². The number of rotatable bonds is 2. The molecule has 0 atom stereocenters. The third-order valence-electron chi connectivity index (χ3n) is 2.79. The molecule has 0 aliphatic rings. The Morgan fingerprint density at radius 1 is 0.842 bits per heavy atom. The Morgan fingerprint density at radius 2 is 1.42 bits per heavy atom. The van der Waals surface area contributed by atoms with Gasteiger partial charge in [-0.25, -0.2) is 0 Å². The highest BCUT2D eigenvalue weighted by molar-refractivity contribution is 5.65. The number of ether oxygens (including phenoxy) is 1. The maximum Gasteiger partial charge on any atom is 0.573 e. The first-order valence-electron chi connectivity index (χ1n) is 5.78. The molecular formula is C15H13F3O. The third kappa shape index (κ3) is 3.50. The predicted molar refractivity (Wildman–Crippen MR) is 68.0 cm³/mol. The van der Waals surface area contributed by atoms with Crippen LogP contribution in [0.3, 0.4) is 0 Å². The van der Waals surface area contributed by atoms with Crippen molar-refractivity contribution in [1.29, 1.82) is 0 Å². The molecular weight excluding hydrogens is 253 g/mol. The molecule has 4 heteroatoms. The van der Waals surface area contributed by atoms with Crippen molar-refractivity contribution in [2.24, 2.45) is 0 Å². The summed E-state index contributed by atoms with van der Waals surface area (Å²) >= 11 is 0. The number of alkyl halides is 3. The molecule has 2 rings (SSSR count). The molecule has 0 bridgehead atoms. The van der Waals surface area contributed by atoms with Gasteiger partial charge in [-0.2, -0.15) is 0 Å². The Balaban J connectivity index is 2.31. The van der Waals surface area contributed by atoms with Crippen LogP contribution in [0.2, 0.25) is 0 Å². The minimum Gasteiger partial charge on any atom is -0.406 e. The van der Waals surface area contributed by atoms with Gasteiger partial charge in [-0.1, -0.05) is 35.9 Å². The van der Waals surface area contributed by atoms with Crippen molar-refractivity contribution in [2.45, 2.75) is 20.2 Å². The molecule has 0 spiro atoms. The second-order valence-corrected chi connectivity index (χ2v) is 4.39. The van der Waals surface area contributed by atoms with Crippen LogP contribution in [0, 0.1) is 13.8 Å². The van der Waals surface area contributed by atoms with Crippen molar-refractivity contribution in [3.63, 3.8) is 0 Å². The van der Waals surface area contributed by atoms with E-state index in [0.29, 0.717) is 5.56 Å². The lowest BCUT2D eigenvalue weighted by molar-refractivity contribution is -0.274. The molecule has 0 fully saturated rings. The predicted octanol–water partition coefficient (Wildman–Crippen LogP) is 4.87. The summed E-state index contributed by atoms with van der Waals surface area (Å²) in [6, 6.07) is 12.5. The molecule has 0 aromatic heterocycles. The van der Waals surface area contributed by atoms with Gasteiger partial charge in [-0.15, -0.1) is 13.2 Å². The fourth-order valence-electron chi connectivity index (χ4n) is 1.81. The Labute approximate surface area is 109 Å². The lowest BCUT2D eigenvalue weighted by Crippen LogP contribution is -2.17. The van der Waals surface area contributed by atoms with E-state index in [2.05, 4.69) is 4.74 Å². The van der Waals surface area contributed by atoms with E-state index in [1.54, 1.807) is 19.1 Å². The van der Waals surface area contributed by atoms with Crippen LogP contribution in [-0.4, -0.2) is 6.36 Å². The van der Waals surface area contributed by atoms with Crippen molar-refractivity contribution in [3.8, 4) is 16.9 Å². The summed E-state index contributed by atoms with van der Waals surface area (Å²) in [5.74, 6) is -0.164. The Hall–Kier alpha value is -1.97. The first-order valence-corrected chi connectivity index (χ1v) is 5.78. The van der Waals surface area contributed by atoms with Gasteiger partial charge in [-0.05, 0) is 42.7 Å². The van der Waals surface area contributed by atoms with Gasteiger partial charge < -0.3 is 4.74 Å². The molecule has 0 saturated heterocycles. The van der Waals surface area contributed by atoms with Gasteiger partial charge >= 0.3 is 6.36 Å². The van der Waals surface area contributed by atoms with Gasteiger partial charge in [0, 0.05) is 0 Å². The van der Waals surface area contributed by atoms with Crippen LogP contribution in [0.15, 0.2) is 42.5 Å². The van der Waals surface area contributed by atoms with E-state index in [9.17, 15) is 13.2 Å². The van der Waals surface area contributed by atoms with E-state index < -0.39 is 6.36 Å². The summed E-state index contributed by atoms with van der Waals surface area (Å²) in [5.41, 5.74) is 3.42. The van der Waals surface area contributed by atoms with Crippen LogP contribution in [0.1, 0.15) is 11.1 Å². The fraction of sp³-hybridized carbons (Fsp3) is 0.200. The van der Waals surface area contributed by atoms with Crippen molar-refractivity contribution >= 4 is 0 Å². The number of aryl methyl sites for hydroxylation is 2. The molecule has 1 nitrogen and oxygen atoms in total. The molecule has 0 radical (unpaired) electrons. The fourth-order valence-corrected chi connectivity index (χ4v) is 1.81. The summed E-state index contributed by atoms with van der Waals surface area (Å²) in [4.78, 5) is 0. The smallest absolute Gasteiger partial charge is 0.406 e. The zero-order valence-electron chi connectivity index (χ0n) is 10.6. The van der Waals surface area contributed by atoms with Gasteiger partial charge in [0.2, 0.25) is 0 Å². The largest absolute Gasteiger partial charge is 0.573 e.